The van der Waals surface area contributed by atoms with Gasteiger partial charge in [0.05, 0.1) is 6.54 Å². The monoisotopic (exact) mass is 347 g/mol. The Bertz CT molecular complexity index is 708. The lowest BCUT2D eigenvalue weighted by Crippen LogP contribution is -2.16. The minimum absolute atomic E-state index is 0. The molecule has 23 heavy (non-hydrogen) atoms. The molecule has 1 aromatic heterocycles. The van der Waals surface area contributed by atoms with Gasteiger partial charge in [-0.1, -0.05) is 41.9 Å². The summed E-state index contributed by atoms with van der Waals surface area (Å²) in [5.74, 6) is 1.81. The summed E-state index contributed by atoms with van der Waals surface area (Å²) < 4.78 is 5.86. The van der Waals surface area contributed by atoms with E-state index < -0.39 is 0 Å². The van der Waals surface area contributed by atoms with E-state index in [9.17, 15) is 0 Å². The molecule has 0 atom stereocenters. The van der Waals surface area contributed by atoms with Gasteiger partial charge in [-0.15, -0.1) is 12.4 Å². The molecule has 2 nitrogen and oxygen atoms in total. The third-order valence-corrected chi connectivity index (χ3v) is 3.77. The van der Waals surface area contributed by atoms with Crippen LogP contribution in [0, 0.1) is 0 Å². The van der Waals surface area contributed by atoms with Crippen molar-refractivity contribution in [1.82, 2.24) is 5.32 Å². The molecule has 0 saturated carbocycles. The first-order valence-corrected chi connectivity index (χ1v) is 7.78. The summed E-state index contributed by atoms with van der Waals surface area (Å²) in [4.78, 5) is 0. The topological polar surface area (TPSA) is 25.2 Å². The highest BCUT2D eigenvalue weighted by molar-refractivity contribution is 6.30. The second-order valence-corrected chi connectivity index (χ2v) is 5.62. The van der Waals surface area contributed by atoms with E-state index >= 15 is 0 Å². The van der Waals surface area contributed by atoms with Gasteiger partial charge in [-0.2, -0.15) is 0 Å². The van der Waals surface area contributed by atoms with Crippen LogP contribution in [0.3, 0.4) is 0 Å². The molecule has 120 valence electrons. The number of benzene rings is 2. The van der Waals surface area contributed by atoms with Gasteiger partial charge >= 0.3 is 0 Å². The molecule has 0 unspecified atom stereocenters. The molecule has 3 rings (SSSR count). The van der Waals surface area contributed by atoms with Crippen molar-refractivity contribution in [1.29, 1.82) is 0 Å². The van der Waals surface area contributed by atoms with Crippen molar-refractivity contribution in [2.75, 3.05) is 6.54 Å². The van der Waals surface area contributed by atoms with Crippen LogP contribution < -0.4 is 5.32 Å². The number of hydrogen-bond acceptors (Lipinski definition) is 2. The maximum Gasteiger partial charge on any atom is 0.134 e. The lowest BCUT2D eigenvalue weighted by molar-refractivity contribution is 0.495. The van der Waals surface area contributed by atoms with Gasteiger partial charge in [-0.25, -0.2) is 0 Å². The zero-order chi connectivity index (χ0) is 15.2. The summed E-state index contributed by atoms with van der Waals surface area (Å²) in [6, 6.07) is 22.2. The molecule has 3 aromatic rings. The molecule has 0 radical (unpaired) electrons. The normalized spacial score (nSPS) is 10.3. The van der Waals surface area contributed by atoms with Gasteiger partial charge in [0.2, 0.25) is 0 Å². The van der Waals surface area contributed by atoms with Gasteiger partial charge in [-0.3, -0.25) is 0 Å². The zero-order valence-electron chi connectivity index (χ0n) is 12.7. The van der Waals surface area contributed by atoms with Crippen molar-refractivity contribution in [3.8, 4) is 11.3 Å². The maximum atomic E-state index is 5.90. The Balaban J connectivity index is 0.00000192. The van der Waals surface area contributed by atoms with Gasteiger partial charge < -0.3 is 9.73 Å². The van der Waals surface area contributed by atoms with E-state index in [0.717, 1.165) is 41.6 Å². The van der Waals surface area contributed by atoms with Gasteiger partial charge in [0, 0.05) is 10.6 Å². The molecule has 0 saturated heterocycles. The summed E-state index contributed by atoms with van der Waals surface area (Å²) >= 11 is 5.90. The number of rotatable bonds is 6. The van der Waals surface area contributed by atoms with E-state index in [4.69, 9.17) is 16.0 Å². The van der Waals surface area contributed by atoms with Gasteiger partial charge in [-0.05, 0) is 54.9 Å². The fourth-order valence-electron chi connectivity index (χ4n) is 2.33. The van der Waals surface area contributed by atoms with Crippen LogP contribution in [0.25, 0.3) is 11.3 Å². The van der Waals surface area contributed by atoms with Crippen LogP contribution in [-0.4, -0.2) is 6.54 Å². The summed E-state index contributed by atoms with van der Waals surface area (Å²) in [7, 11) is 0. The van der Waals surface area contributed by atoms with Crippen LogP contribution in [-0.2, 0) is 13.0 Å². The summed E-state index contributed by atoms with van der Waals surface area (Å²) in [6.07, 6.45) is 1.02. The number of hydrogen-bond donors (Lipinski definition) is 1. The molecule has 0 fully saturated rings. The second kappa shape index (κ2) is 8.78. The van der Waals surface area contributed by atoms with Crippen LogP contribution >= 0.6 is 24.0 Å². The lowest BCUT2D eigenvalue weighted by atomic mass is 10.1. The Morgan fingerprint density at radius 1 is 0.870 bits per heavy atom. The molecular weight excluding hydrogens is 329 g/mol. The van der Waals surface area contributed by atoms with E-state index in [2.05, 4.69) is 29.6 Å². The van der Waals surface area contributed by atoms with Crippen molar-refractivity contribution in [2.45, 2.75) is 13.0 Å². The van der Waals surface area contributed by atoms with E-state index in [1.54, 1.807) is 0 Å². The Labute approximate surface area is 147 Å². The van der Waals surface area contributed by atoms with Crippen molar-refractivity contribution < 1.29 is 4.42 Å². The Morgan fingerprint density at radius 3 is 2.35 bits per heavy atom. The fraction of sp³-hybridized carbons (Fsp3) is 0.158. The van der Waals surface area contributed by atoms with E-state index in [0.29, 0.717) is 0 Å². The molecular formula is C19H19Cl2NO. The highest BCUT2D eigenvalue weighted by Crippen LogP contribution is 2.23. The van der Waals surface area contributed by atoms with Crippen LogP contribution in [0.5, 0.6) is 0 Å². The maximum absolute atomic E-state index is 5.90. The number of halogens is 2. The number of nitrogens with one attached hydrogen (secondary N) is 1. The summed E-state index contributed by atoms with van der Waals surface area (Å²) in [5.41, 5.74) is 2.39. The molecule has 0 aliphatic carbocycles. The lowest BCUT2D eigenvalue weighted by Gasteiger charge is -2.03. The molecule has 4 heteroatoms. The Morgan fingerprint density at radius 2 is 1.61 bits per heavy atom. The first-order valence-electron chi connectivity index (χ1n) is 7.40. The minimum Gasteiger partial charge on any atom is -0.460 e. The van der Waals surface area contributed by atoms with Crippen molar-refractivity contribution >= 4 is 24.0 Å². The Kier molecular flexibility index (Phi) is 6.72. The molecule has 0 bridgehead atoms. The third kappa shape index (κ3) is 5.14. The highest BCUT2D eigenvalue weighted by Gasteiger charge is 2.04. The van der Waals surface area contributed by atoms with Gasteiger partial charge in [0.25, 0.3) is 0 Å². The highest BCUT2D eigenvalue weighted by atomic mass is 35.5. The molecule has 1 N–H and O–H groups in total. The average molecular weight is 348 g/mol. The predicted molar refractivity (Wildman–Crippen MR) is 98.3 cm³/mol. The molecule has 0 spiro atoms. The predicted octanol–water partition coefficient (Wildman–Crippen LogP) is 5.35. The van der Waals surface area contributed by atoms with Crippen LogP contribution in [0.1, 0.15) is 11.3 Å². The largest absolute Gasteiger partial charge is 0.460 e. The first kappa shape index (κ1) is 17.6. The number of furan rings is 1. The fourth-order valence-corrected chi connectivity index (χ4v) is 2.46. The quantitative estimate of drug-likeness (QED) is 0.607. The standard InChI is InChI=1S/C19H18ClNO.ClH/c20-17-8-6-16(7-9-17)19-11-10-18(22-19)14-21-13-12-15-4-2-1-3-5-15;/h1-11,21H,12-14H2;1H. The molecule has 0 aliphatic heterocycles. The van der Waals surface area contributed by atoms with Crippen molar-refractivity contribution in [3.63, 3.8) is 0 Å². The molecule has 2 aromatic carbocycles. The van der Waals surface area contributed by atoms with Crippen LogP contribution in [0.15, 0.2) is 71.1 Å². The van der Waals surface area contributed by atoms with Crippen molar-refractivity contribution in [2.24, 2.45) is 0 Å². The van der Waals surface area contributed by atoms with Gasteiger partial charge in [0.15, 0.2) is 0 Å². The Hall–Kier alpha value is -1.74. The second-order valence-electron chi connectivity index (χ2n) is 5.19. The van der Waals surface area contributed by atoms with E-state index in [1.165, 1.54) is 5.56 Å². The molecule has 0 aliphatic rings. The summed E-state index contributed by atoms with van der Waals surface area (Å²) in [6.45, 7) is 1.67. The van der Waals surface area contributed by atoms with Crippen LogP contribution in [0.4, 0.5) is 0 Å². The first-order chi connectivity index (χ1) is 10.8. The SMILES string of the molecule is Cl.Clc1ccc(-c2ccc(CNCCc3ccccc3)o2)cc1. The summed E-state index contributed by atoms with van der Waals surface area (Å²) in [5, 5.41) is 4.14. The van der Waals surface area contributed by atoms with E-state index in [1.807, 2.05) is 42.5 Å². The average Bonchev–Trinajstić information content (AvgIpc) is 3.02. The zero-order valence-corrected chi connectivity index (χ0v) is 14.2. The smallest absolute Gasteiger partial charge is 0.134 e. The van der Waals surface area contributed by atoms with Crippen LogP contribution in [0.2, 0.25) is 5.02 Å². The minimum atomic E-state index is 0. The molecule has 0 amide bonds. The van der Waals surface area contributed by atoms with E-state index in [-0.39, 0.29) is 12.4 Å². The molecule has 1 heterocycles. The van der Waals surface area contributed by atoms with Gasteiger partial charge in [0.1, 0.15) is 11.5 Å². The third-order valence-electron chi connectivity index (χ3n) is 3.52. The van der Waals surface area contributed by atoms with Crippen molar-refractivity contribution in [3.05, 3.63) is 83.1 Å².